The van der Waals surface area contributed by atoms with Crippen molar-refractivity contribution in [1.29, 1.82) is 0 Å². The molecule has 20 heavy (non-hydrogen) atoms. The summed E-state index contributed by atoms with van der Waals surface area (Å²) in [7, 11) is 0. The van der Waals surface area contributed by atoms with Crippen molar-refractivity contribution >= 4 is 17.1 Å². The highest BCUT2D eigenvalue weighted by atomic mass is 15.5. The Morgan fingerprint density at radius 3 is 1.65 bits per heavy atom. The predicted octanol–water partition coefficient (Wildman–Crippen LogP) is 2.14. The van der Waals surface area contributed by atoms with Crippen LogP contribution in [-0.4, -0.2) is 11.1 Å². The second-order valence-electron chi connectivity index (χ2n) is 7.50. The second kappa shape index (κ2) is 5.33. The van der Waals surface area contributed by atoms with Crippen molar-refractivity contribution in [1.82, 2.24) is 0 Å². The molecule has 6 N–H and O–H groups in total. The molecule has 2 unspecified atom stereocenters. The van der Waals surface area contributed by atoms with E-state index in [0.29, 0.717) is 15.7 Å². The fourth-order valence-electron chi connectivity index (χ4n) is 2.02. The number of benzene rings is 1. The van der Waals surface area contributed by atoms with E-state index in [-0.39, 0.29) is 11.1 Å². The fourth-order valence-corrected chi connectivity index (χ4v) is 2.02. The molecule has 0 saturated carbocycles. The Morgan fingerprint density at radius 1 is 0.850 bits per heavy atom. The van der Waals surface area contributed by atoms with Gasteiger partial charge in [-0.25, -0.2) is 0 Å². The molecule has 0 saturated heterocycles. The lowest BCUT2D eigenvalue weighted by molar-refractivity contribution is -0.834. The number of nitrogens with one attached hydrogen (secondary N) is 4. The zero-order valence-corrected chi connectivity index (χ0v) is 13.7. The smallest absolute Gasteiger partial charge is 0.145 e. The van der Waals surface area contributed by atoms with Crippen LogP contribution in [0.4, 0.5) is 17.1 Å². The van der Waals surface area contributed by atoms with Crippen LogP contribution in [0.25, 0.3) is 11.7 Å². The van der Waals surface area contributed by atoms with Crippen LogP contribution in [0, 0.1) is 6.92 Å². The molecule has 5 heteroatoms. The van der Waals surface area contributed by atoms with E-state index in [1.54, 1.807) is 0 Å². The molecular weight excluding hydrogens is 250 g/mol. The molecule has 1 aromatic carbocycles. The molecular formula is C15H29N5. The van der Waals surface area contributed by atoms with Gasteiger partial charge in [0.15, 0.2) is 0 Å². The number of nitrogens with two attached hydrogens (primary N) is 1. The first-order valence-electron chi connectivity index (χ1n) is 6.94. The summed E-state index contributed by atoms with van der Waals surface area (Å²) in [5.74, 6) is 16.6. The number of rotatable bonds is 2. The molecule has 0 heterocycles. The van der Waals surface area contributed by atoms with Crippen molar-refractivity contribution in [2.75, 3.05) is 5.73 Å². The maximum atomic E-state index is 8.31. The SMILES string of the molecule is Cc1cc([NH+]([NH-])C(C)(C)C)c(N)cc1[NH+]([NH-])C(C)(C)C. The van der Waals surface area contributed by atoms with E-state index in [1.807, 2.05) is 60.6 Å². The van der Waals surface area contributed by atoms with Gasteiger partial charge >= 0.3 is 0 Å². The molecule has 0 radical (unpaired) electrons. The number of quaternary nitrogens is 2. The van der Waals surface area contributed by atoms with Crippen molar-refractivity contribution in [2.45, 2.75) is 59.5 Å². The highest BCUT2D eigenvalue weighted by molar-refractivity contribution is 5.65. The average Bonchev–Trinajstić information content (AvgIpc) is 2.27. The van der Waals surface area contributed by atoms with Crippen LogP contribution in [-0.2, 0) is 0 Å². The van der Waals surface area contributed by atoms with Gasteiger partial charge < -0.3 is 27.4 Å². The normalized spacial score (nSPS) is 16.1. The molecule has 0 aromatic heterocycles. The third-order valence-electron chi connectivity index (χ3n) is 3.44. The molecule has 0 aliphatic rings. The third-order valence-corrected chi connectivity index (χ3v) is 3.44. The first-order chi connectivity index (χ1) is 8.85. The van der Waals surface area contributed by atoms with Gasteiger partial charge in [0.1, 0.15) is 11.4 Å². The molecule has 1 rings (SSSR count). The van der Waals surface area contributed by atoms with Gasteiger partial charge in [0.2, 0.25) is 0 Å². The summed E-state index contributed by atoms with van der Waals surface area (Å²) < 4.78 is 0. The van der Waals surface area contributed by atoms with Gasteiger partial charge in [0.05, 0.1) is 16.8 Å². The van der Waals surface area contributed by atoms with Gasteiger partial charge in [-0.2, -0.15) is 0 Å². The van der Waals surface area contributed by atoms with E-state index in [4.69, 9.17) is 17.4 Å². The van der Waals surface area contributed by atoms with Crippen molar-refractivity contribution in [3.05, 3.63) is 29.4 Å². The van der Waals surface area contributed by atoms with E-state index < -0.39 is 0 Å². The molecule has 0 spiro atoms. The van der Waals surface area contributed by atoms with Gasteiger partial charge in [-0.1, -0.05) is 0 Å². The van der Waals surface area contributed by atoms with Crippen molar-refractivity contribution in [2.24, 2.45) is 0 Å². The summed E-state index contributed by atoms with van der Waals surface area (Å²) in [6.45, 7) is 14.1. The van der Waals surface area contributed by atoms with Gasteiger partial charge in [-0.3, -0.25) is 0 Å². The molecule has 0 aliphatic heterocycles. The Morgan fingerprint density at radius 2 is 1.25 bits per heavy atom. The maximum absolute atomic E-state index is 8.31. The van der Waals surface area contributed by atoms with Crippen LogP contribution < -0.4 is 15.8 Å². The largest absolute Gasteiger partial charge is 0.464 e. The zero-order valence-electron chi connectivity index (χ0n) is 13.7. The Bertz CT molecular complexity index is 437. The van der Waals surface area contributed by atoms with Gasteiger partial charge in [0, 0.05) is 17.7 Å². The highest BCUT2D eigenvalue weighted by Crippen LogP contribution is 2.24. The quantitative estimate of drug-likeness (QED) is 0.562. The molecule has 0 bridgehead atoms. The molecule has 5 nitrogen and oxygen atoms in total. The predicted molar refractivity (Wildman–Crippen MR) is 85.0 cm³/mol. The minimum Gasteiger partial charge on any atom is -0.464 e. The van der Waals surface area contributed by atoms with Crippen LogP contribution >= 0.6 is 0 Å². The second-order valence-corrected chi connectivity index (χ2v) is 7.50. The molecule has 2 atom stereocenters. The summed E-state index contributed by atoms with van der Waals surface area (Å²) >= 11 is 0. The van der Waals surface area contributed by atoms with Crippen LogP contribution in [0.2, 0.25) is 0 Å². The van der Waals surface area contributed by atoms with Crippen LogP contribution in [0.5, 0.6) is 0 Å². The first kappa shape index (κ1) is 16.9. The lowest BCUT2D eigenvalue weighted by atomic mass is 10.0. The molecule has 1 aromatic rings. The summed E-state index contributed by atoms with van der Waals surface area (Å²) in [5.41, 5.74) is 8.92. The standard InChI is InChI=1S/C15H29N5/c1-10-8-13(20(18)15(5,6)7)11(16)9-12(10)19(17)14(2,3)4/h8-9,17-20H,16H2,1-7H3. The van der Waals surface area contributed by atoms with Crippen LogP contribution in [0.15, 0.2) is 12.1 Å². The lowest BCUT2D eigenvalue weighted by Gasteiger charge is -2.38. The van der Waals surface area contributed by atoms with Crippen LogP contribution in [0.3, 0.4) is 0 Å². The highest BCUT2D eigenvalue weighted by Gasteiger charge is 2.26. The van der Waals surface area contributed by atoms with Crippen molar-refractivity contribution in [3.8, 4) is 0 Å². The summed E-state index contributed by atoms with van der Waals surface area (Å²) in [6, 6.07) is 3.79. The monoisotopic (exact) mass is 279 g/mol. The Hall–Kier alpha value is -1.14. The minimum absolute atomic E-state index is 0.212. The van der Waals surface area contributed by atoms with E-state index >= 15 is 0 Å². The molecule has 0 fully saturated rings. The van der Waals surface area contributed by atoms with Gasteiger partial charge in [0.25, 0.3) is 0 Å². The van der Waals surface area contributed by atoms with E-state index in [2.05, 4.69) is 0 Å². The fraction of sp³-hybridized carbons (Fsp3) is 0.600. The Balaban J connectivity index is 3.29. The van der Waals surface area contributed by atoms with E-state index in [0.717, 1.165) is 16.9 Å². The Kier molecular flexibility index (Phi) is 4.51. The Labute approximate surface area is 122 Å². The lowest BCUT2D eigenvalue weighted by Crippen LogP contribution is -3.09. The summed E-state index contributed by atoms with van der Waals surface area (Å²) in [6.07, 6.45) is 0. The summed E-state index contributed by atoms with van der Waals surface area (Å²) in [5, 5.41) is 1.11. The maximum Gasteiger partial charge on any atom is 0.145 e. The third kappa shape index (κ3) is 3.49. The first-order valence-corrected chi connectivity index (χ1v) is 6.94. The number of nitrogen functional groups attached to an aromatic ring is 1. The zero-order chi connectivity index (χ0) is 15.9. The number of anilines is 1. The van der Waals surface area contributed by atoms with Crippen molar-refractivity contribution in [3.63, 3.8) is 0 Å². The number of hydrogen-bond acceptors (Lipinski definition) is 1. The van der Waals surface area contributed by atoms with E-state index in [1.165, 1.54) is 0 Å². The van der Waals surface area contributed by atoms with Crippen LogP contribution in [0.1, 0.15) is 47.1 Å². The molecule has 0 aliphatic carbocycles. The number of aryl methyl sites for hydroxylation is 1. The van der Waals surface area contributed by atoms with Gasteiger partial charge in [-0.05, 0) is 48.5 Å². The van der Waals surface area contributed by atoms with Crippen molar-refractivity contribution < 1.29 is 10.0 Å². The van der Waals surface area contributed by atoms with E-state index in [9.17, 15) is 0 Å². The van der Waals surface area contributed by atoms with Gasteiger partial charge in [-0.15, -0.1) is 0 Å². The minimum atomic E-state index is -0.236. The summed E-state index contributed by atoms with van der Waals surface area (Å²) in [4.78, 5) is 0. The molecule has 114 valence electrons. The average molecular weight is 279 g/mol. The molecule has 0 amide bonds. The number of hydrogen-bond donors (Lipinski definition) is 3. The topological polar surface area (TPSA) is 82.5 Å².